The Kier molecular flexibility index (Phi) is 5.50. The van der Waals surface area contributed by atoms with E-state index in [1.54, 1.807) is 6.07 Å². The zero-order chi connectivity index (χ0) is 17.0. The number of carbonyl (C=O) groups excluding carboxylic acids is 1. The predicted octanol–water partition coefficient (Wildman–Crippen LogP) is 3.25. The van der Waals surface area contributed by atoms with E-state index in [0.717, 1.165) is 12.8 Å². The molecule has 1 aliphatic carbocycles. The fraction of sp³-hybridized carbons (Fsp3) is 0.375. The number of anilines is 1. The van der Waals surface area contributed by atoms with Crippen LogP contribution in [0.3, 0.4) is 0 Å². The van der Waals surface area contributed by atoms with Crippen LogP contribution in [0.1, 0.15) is 25.7 Å². The normalized spacial score (nSPS) is 14.4. The topological polar surface area (TPSA) is 84.9 Å². The molecule has 0 unspecified atom stereocenters. The third-order valence-electron chi connectivity index (χ3n) is 3.72. The van der Waals surface area contributed by atoms with Gasteiger partial charge in [-0.3, -0.25) is 4.79 Å². The third kappa shape index (κ3) is 3.76. The zero-order valence-corrected chi connectivity index (χ0v) is 13.7. The van der Waals surface area contributed by atoms with E-state index in [2.05, 4.69) is 5.32 Å². The molecular formula is C16H18ClNO5. The van der Waals surface area contributed by atoms with Crippen LogP contribution in [0, 0.1) is 0 Å². The molecule has 0 fully saturated rings. The Hall–Kier alpha value is -2.21. The van der Waals surface area contributed by atoms with Crippen LogP contribution in [-0.2, 0) is 9.59 Å². The van der Waals surface area contributed by atoms with Crippen LogP contribution in [-0.4, -0.2) is 31.2 Å². The molecule has 0 aliphatic heterocycles. The van der Waals surface area contributed by atoms with Gasteiger partial charge in [0.05, 0.1) is 24.9 Å². The number of carbonyl (C=O) groups is 2. The summed E-state index contributed by atoms with van der Waals surface area (Å²) in [5, 5.41) is 12.2. The SMILES string of the molecule is COc1cc(OC)c(NC(=O)C2=C(C(=O)O)CCCC2)cc1Cl. The monoisotopic (exact) mass is 339 g/mol. The first-order valence-electron chi connectivity index (χ1n) is 7.16. The van der Waals surface area contributed by atoms with Gasteiger partial charge in [-0.15, -0.1) is 0 Å². The summed E-state index contributed by atoms with van der Waals surface area (Å²) in [5.41, 5.74) is 0.844. The maximum absolute atomic E-state index is 12.5. The summed E-state index contributed by atoms with van der Waals surface area (Å²) in [6, 6.07) is 3.08. The summed E-state index contributed by atoms with van der Waals surface area (Å²) in [5.74, 6) is -0.686. The van der Waals surface area contributed by atoms with Crippen molar-refractivity contribution in [3.05, 3.63) is 28.3 Å². The summed E-state index contributed by atoms with van der Waals surface area (Å²) >= 11 is 6.07. The van der Waals surface area contributed by atoms with Gasteiger partial charge in [-0.1, -0.05) is 11.6 Å². The molecule has 0 heterocycles. The van der Waals surface area contributed by atoms with Crippen molar-refractivity contribution in [2.75, 3.05) is 19.5 Å². The number of methoxy groups -OCH3 is 2. The molecule has 0 saturated heterocycles. The van der Waals surface area contributed by atoms with E-state index >= 15 is 0 Å². The fourth-order valence-corrected chi connectivity index (χ4v) is 2.79. The molecule has 124 valence electrons. The van der Waals surface area contributed by atoms with Crippen molar-refractivity contribution in [1.29, 1.82) is 0 Å². The van der Waals surface area contributed by atoms with E-state index in [4.69, 9.17) is 21.1 Å². The van der Waals surface area contributed by atoms with Crippen LogP contribution in [0.5, 0.6) is 11.5 Å². The van der Waals surface area contributed by atoms with Gasteiger partial charge in [0.1, 0.15) is 11.5 Å². The van der Waals surface area contributed by atoms with Gasteiger partial charge < -0.3 is 19.9 Å². The summed E-state index contributed by atoms with van der Waals surface area (Å²) in [6.07, 6.45) is 2.41. The minimum atomic E-state index is -1.05. The second-order valence-corrected chi connectivity index (χ2v) is 5.52. The summed E-state index contributed by atoms with van der Waals surface area (Å²) in [4.78, 5) is 23.7. The number of amides is 1. The van der Waals surface area contributed by atoms with Crippen LogP contribution in [0.15, 0.2) is 23.3 Å². The molecule has 2 N–H and O–H groups in total. The first kappa shape index (κ1) is 17.1. The van der Waals surface area contributed by atoms with Gasteiger partial charge in [-0.05, 0) is 31.7 Å². The van der Waals surface area contributed by atoms with Crippen molar-refractivity contribution >= 4 is 29.2 Å². The number of benzene rings is 1. The first-order chi connectivity index (χ1) is 11.0. The fourth-order valence-electron chi connectivity index (χ4n) is 2.55. The number of ether oxygens (including phenoxy) is 2. The molecule has 7 heteroatoms. The second-order valence-electron chi connectivity index (χ2n) is 5.11. The van der Waals surface area contributed by atoms with E-state index in [0.29, 0.717) is 40.6 Å². The lowest BCUT2D eigenvalue weighted by Gasteiger charge is -2.18. The highest BCUT2D eigenvalue weighted by atomic mass is 35.5. The Morgan fingerprint density at radius 3 is 2.26 bits per heavy atom. The molecule has 2 rings (SSSR count). The van der Waals surface area contributed by atoms with Crippen LogP contribution in [0.4, 0.5) is 5.69 Å². The van der Waals surface area contributed by atoms with E-state index in [9.17, 15) is 14.7 Å². The van der Waals surface area contributed by atoms with Gasteiger partial charge in [0.25, 0.3) is 5.91 Å². The van der Waals surface area contributed by atoms with Crippen LogP contribution >= 0.6 is 11.6 Å². The smallest absolute Gasteiger partial charge is 0.332 e. The maximum Gasteiger partial charge on any atom is 0.332 e. The standard InChI is InChI=1S/C16H18ClNO5/c1-22-13-8-14(23-2)12(7-11(13)17)18-15(19)9-5-3-4-6-10(9)16(20)21/h7-8H,3-6H2,1-2H3,(H,18,19)(H,20,21). The maximum atomic E-state index is 12.5. The molecule has 23 heavy (non-hydrogen) atoms. The van der Waals surface area contributed by atoms with Gasteiger partial charge in [0.15, 0.2) is 0 Å². The molecule has 0 atom stereocenters. The van der Waals surface area contributed by atoms with Gasteiger partial charge in [0, 0.05) is 17.2 Å². The van der Waals surface area contributed by atoms with Crippen molar-refractivity contribution in [2.24, 2.45) is 0 Å². The quantitative estimate of drug-likeness (QED) is 0.860. The molecular weight excluding hydrogens is 322 g/mol. The molecule has 1 amide bonds. The van der Waals surface area contributed by atoms with Crippen molar-refractivity contribution in [3.8, 4) is 11.5 Å². The Bertz CT molecular complexity index is 669. The van der Waals surface area contributed by atoms with Crippen molar-refractivity contribution < 1.29 is 24.2 Å². The molecule has 0 saturated carbocycles. The van der Waals surface area contributed by atoms with Crippen molar-refractivity contribution in [2.45, 2.75) is 25.7 Å². The lowest BCUT2D eigenvalue weighted by Crippen LogP contribution is -2.21. The van der Waals surface area contributed by atoms with E-state index < -0.39 is 11.9 Å². The number of rotatable bonds is 5. The Balaban J connectivity index is 2.33. The summed E-state index contributed by atoms with van der Waals surface area (Å²) in [6.45, 7) is 0. The van der Waals surface area contributed by atoms with Crippen LogP contribution in [0.25, 0.3) is 0 Å². The van der Waals surface area contributed by atoms with Gasteiger partial charge in [-0.2, -0.15) is 0 Å². The Labute approximate surface area is 139 Å². The number of carboxylic acids is 1. The van der Waals surface area contributed by atoms with Crippen LogP contribution in [0.2, 0.25) is 5.02 Å². The zero-order valence-electron chi connectivity index (χ0n) is 12.9. The number of carboxylic acid groups (broad SMARTS) is 1. The third-order valence-corrected chi connectivity index (χ3v) is 4.02. The number of nitrogens with one attached hydrogen (secondary N) is 1. The molecule has 6 nitrogen and oxygen atoms in total. The van der Waals surface area contributed by atoms with Crippen molar-refractivity contribution in [3.63, 3.8) is 0 Å². The largest absolute Gasteiger partial charge is 0.495 e. The first-order valence-corrected chi connectivity index (χ1v) is 7.54. The average molecular weight is 340 g/mol. The van der Waals surface area contributed by atoms with E-state index in [1.165, 1.54) is 20.3 Å². The molecule has 1 aromatic carbocycles. The number of halogens is 1. The molecule has 0 spiro atoms. The lowest BCUT2D eigenvalue weighted by atomic mass is 9.91. The summed E-state index contributed by atoms with van der Waals surface area (Å²) in [7, 11) is 2.94. The van der Waals surface area contributed by atoms with Gasteiger partial charge >= 0.3 is 5.97 Å². The Morgan fingerprint density at radius 2 is 1.70 bits per heavy atom. The van der Waals surface area contributed by atoms with Crippen LogP contribution < -0.4 is 14.8 Å². The highest BCUT2D eigenvalue weighted by molar-refractivity contribution is 6.32. The molecule has 0 aromatic heterocycles. The van der Waals surface area contributed by atoms with E-state index in [-0.39, 0.29) is 5.57 Å². The molecule has 1 aromatic rings. The number of hydrogen-bond acceptors (Lipinski definition) is 4. The molecule has 0 radical (unpaired) electrons. The highest BCUT2D eigenvalue weighted by Crippen LogP contribution is 2.36. The number of hydrogen-bond donors (Lipinski definition) is 2. The molecule has 1 aliphatic rings. The highest BCUT2D eigenvalue weighted by Gasteiger charge is 2.24. The second kappa shape index (κ2) is 7.37. The summed E-state index contributed by atoms with van der Waals surface area (Å²) < 4.78 is 10.3. The van der Waals surface area contributed by atoms with Gasteiger partial charge in [-0.25, -0.2) is 4.79 Å². The minimum Gasteiger partial charge on any atom is -0.495 e. The van der Waals surface area contributed by atoms with Gasteiger partial charge in [0.2, 0.25) is 0 Å². The lowest BCUT2D eigenvalue weighted by molar-refractivity contribution is -0.133. The van der Waals surface area contributed by atoms with Crippen molar-refractivity contribution in [1.82, 2.24) is 0 Å². The van der Waals surface area contributed by atoms with E-state index in [1.807, 2.05) is 0 Å². The average Bonchev–Trinajstić information content (AvgIpc) is 2.55. The predicted molar refractivity (Wildman–Crippen MR) is 86.3 cm³/mol. The molecule has 0 bridgehead atoms. The number of aliphatic carboxylic acids is 1. The minimum absolute atomic E-state index is 0.173. The Morgan fingerprint density at radius 1 is 1.09 bits per heavy atom.